The summed E-state index contributed by atoms with van der Waals surface area (Å²) in [6.07, 6.45) is 2.44. The molecule has 2 aliphatic rings. The molecule has 3 N–H and O–H groups in total. The van der Waals surface area contributed by atoms with Crippen LogP contribution in [0.25, 0.3) is 0 Å². The van der Waals surface area contributed by atoms with Crippen molar-refractivity contribution in [2.75, 3.05) is 37.7 Å². The van der Waals surface area contributed by atoms with Gasteiger partial charge in [0.15, 0.2) is 0 Å². The highest BCUT2D eigenvalue weighted by molar-refractivity contribution is 7.87. The number of hydrogen-bond donors (Lipinski definition) is 3. The van der Waals surface area contributed by atoms with E-state index in [1.807, 2.05) is 36.4 Å². The number of benzene rings is 2. The van der Waals surface area contributed by atoms with Gasteiger partial charge in [-0.2, -0.15) is 17.4 Å². The van der Waals surface area contributed by atoms with E-state index in [1.165, 1.54) is 4.31 Å². The van der Waals surface area contributed by atoms with Gasteiger partial charge in [-0.1, -0.05) is 37.8 Å². The number of piperazine rings is 1. The summed E-state index contributed by atoms with van der Waals surface area (Å²) in [7, 11) is -3.92. The van der Waals surface area contributed by atoms with E-state index >= 15 is 0 Å². The minimum Gasteiger partial charge on any atom is -0.493 e. The number of nitrogens with zero attached hydrogens (tertiary/aromatic N) is 3. The molecule has 0 bridgehead atoms. The van der Waals surface area contributed by atoms with E-state index < -0.39 is 22.2 Å². The van der Waals surface area contributed by atoms with E-state index in [4.69, 9.17) is 4.74 Å². The van der Waals surface area contributed by atoms with Crippen LogP contribution in [0.3, 0.4) is 0 Å². The Kier molecular flexibility index (Phi) is 9.49. The predicted octanol–water partition coefficient (Wildman–Crippen LogP) is 2.41. The second-order valence-corrected chi connectivity index (χ2v) is 12.7. The third kappa shape index (κ3) is 7.55. The van der Waals surface area contributed by atoms with Crippen molar-refractivity contribution in [3.05, 3.63) is 88.7 Å². The first-order chi connectivity index (χ1) is 21.1. The molecule has 0 unspecified atom stereocenters. The van der Waals surface area contributed by atoms with Crippen LogP contribution in [-0.4, -0.2) is 73.5 Å². The summed E-state index contributed by atoms with van der Waals surface area (Å²) in [6.45, 7) is 5.81. The lowest BCUT2D eigenvalue weighted by Gasteiger charge is -2.36. The number of amides is 1. The molecule has 1 amide bonds. The van der Waals surface area contributed by atoms with Crippen molar-refractivity contribution >= 4 is 27.8 Å². The van der Waals surface area contributed by atoms with Gasteiger partial charge in [0.25, 0.3) is 16.1 Å². The Labute approximate surface area is 257 Å². The van der Waals surface area contributed by atoms with Gasteiger partial charge in [0.05, 0.1) is 6.61 Å². The lowest BCUT2D eigenvalue weighted by molar-refractivity contribution is -0.140. The van der Waals surface area contributed by atoms with Gasteiger partial charge in [-0.25, -0.2) is 0 Å². The highest BCUT2D eigenvalue weighted by Crippen LogP contribution is 2.26. The highest BCUT2D eigenvalue weighted by Gasteiger charge is 2.33. The number of carboxylic acids is 1. The van der Waals surface area contributed by atoms with Gasteiger partial charge in [-0.15, -0.1) is 0 Å². The lowest BCUT2D eigenvalue weighted by Crippen LogP contribution is -2.55. The van der Waals surface area contributed by atoms with Crippen LogP contribution in [0.15, 0.2) is 60.8 Å². The molecule has 0 spiro atoms. The number of aliphatic carboxylic acids is 1. The molecule has 0 saturated carbocycles. The minimum absolute atomic E-state index is 0.238. The van der Waals surface area contributed by atoms with E-state index in [1.54, 1.807) is 32.2 Å². The van der Waals surface area contributed by atoms with E-state index in [2.05, 4.69) is 37.8 Å². The first kappa shape index (κ1) is 31.0. The number of aromatic nitrogens is 1. The first-order valence-electron chi connectivity index (χ1n) is 14.4. The molecule has 1 atom stereocenters. The smallest absolute Gasteiger partial charge is 0.322 e. The Morgan fingerprint density at radius 3 is 2.43 bits per heavy atom. The molecule has 2 aromatic carbocycles. The van der Waals surface area contributed by atoms with Gasteiger partial charge in [0, 0.05) is 62.2 Å². The predicted molar refractivity (Wildman–Crippen MR) is 166 cm³/mol. The Balaban J connectivity index is 1.14. The van der Waals surface area contributed by atoms with Gasteiger partial charge >= 0.3 is 5.97 Å². The van der Waals surface area contributed by atoms with Crippen LogP contribution >= 0.6 is 0 Å². The number of anilines is 1. The molecule has 2 aliphatic heterocycles. The van der Waals surface area contributed by atoms with Gasteiger partial charge in [0.1, 0.15) is 17.5 Å². The number of carbonyl (C=O) groups excluding carboxylic acids is 1. The van der Waals surface area contributed by atoms with Crippen LogP contribution < -0.4 is 19.7 Å². The normalized spacial score (nSPS) is 15.6. The molecule has 5 rings (SSSR count). The highest BCUT2D eigenvalue weighted by atomic mass is 32.2. The number of hydrogen-bond acceptors (Lipinski definition) is 7. The molecule has 0 radical (unpaired) electrons. The van der Waals surface area contributed by atoms with Crippen molar-refractivity contribution in [1.29, 1.82) is 0 Å². The first-order valence-corrected chi connectivity index (χ1v) is 15.9. The zero-order chi connectivity index (χ0) is 31.3. The standard InChI is InChI=1S/C32H35N5O6S/c1-22(2)30(32(39)40)35-44(41,42)37-16-14-36(15-17-37)27-8-5-23(6-9-27)3-4-24-11-13-33-28(20-24)31(38)34-21-25-7-10-29-26(19-25)12-18-43-29/h5-11,13,19-20,22,30,35H,12,14-18,21H2,1-2H3,(H,34,38)(H,39,40)/t30-/m1/s1. The maximum absolute atomic E-state index is 12.8. The Hall–Kier alpha value is -4.44. The molecule has 230 valence electrons. The molecule has 1 aromatic heterocycles. The van der Waals surface area contributed by atoms with Crippen molar-refractivity contribution in [1.82, 2.24) is 19.3 Å². The largest absolute Gasteiger partial charge is 0.493 e. The van der Waals surface area contributed by atoms with Gasteiger partial charge < -0.3 is 20.1 Å². The summed E-state index contributed by atoms with van der Waals surface area (Å²) in [5, 5.41) is 12.3. The Morgan fingerprint density at radius 2 is 1.73 bits per heavy atom. The fourth-order valence-electron chi connectivity index (χ4n) is 5.05. The maximum atomic E-state index is 12.8. The topological polar surface area (TPSA) is 141 Å². The van der Waals surface area contributed by atoms with Crippen molar-refractivity contribution in [3.63, 3.8) is 0 Å². The van der Waals surface area contributed by atoms with E-state index in [0.717, 1.165) is 34.5 Å². The number of rotatable bonds is 9. The summed E-state index contributed by atoms with van der Waals surface area (Å²) in [6, 6.07) is 15.8. The summed E-state index contributed by atoms with van der Waals surface area (Å²) < 4.78 is 34.6. The fourth-order valence-corrected chi connectivity index (χ4v) is 6.54. The SMILES string of the molecule is CC(C)[C@@H](NS(=O)(=O)N1CCN(c2ccc(C#Cc3ccnc(C(=O)NCc4ccc5c(c4)CCO5)c3)cc2)CC1)C(=O)O. The lowest BCUT2D eigenvalue weighted by atomic mass is 10.1. The van der Waals surface area contributed by atoms with Crippen LogP contribution in [-0.2, 0) is 28.0 Å². The van der Waals surface area contributed by atoms with E-state index in [0.29, 0.717) is 31.8 Å². The van der Waals surface area contributed by atoms with Gasteiger partial charge in [0.2, 0.25) is 0 Å². The fraction of sp³-hybridized carbons (Fsp3) is 0.344. The number of nitrogens with one attached hydrogen (secondary N) is 2. The zero-order valence-corrected chi connectivity index (χ0v) is 25.4. The molecule has 1 saturated heterocycles. The minimum atomic E-state index is -3.92. The Bertz CT molecular complexity index is 1690. The number of carbonyl (C=O) groups is 2. The number of fused-ring (bicyclic) bond motifs is 1. The van der Waals surface area contributed by atoms with Gasteiger partial charge in [-0.3, -0.25) is 14.6 Å². The third-order valence-electron chi connectivity index (χ3n) is 7.57. The summed E-state index contributed by atoms with van der Waals surface area (Å²) in [5.74, 6) is 5.26. The van der Waals surface area contributed by atoms with E-state index in [9.17, 15) is 23.1 Å². The molecule has 44 heavy (non-hydrogen) atoms. The van der Waals surface area contributed by atoms with Crippen LogP contribution in [0, 0.1) is 17.8 Å². The quantitative estimate of drug-likeness (QED) is 0.311. The molecule has 12 heteroatoms. The average Bonchev–Trinajstić information content (AvgIpc) is 3.50. The van der Waals surface area contributed by atoms with Gasteiger partial charge in [-0.05, 0) is 59.5 Å². The number of carboxylic acid groups (broad SMARTS) is 1. The zero-order valence-electron chi connectivity index (χ0n) is 24.6. The second-order valence-electron chi connectivity index (χ2n) is 11.0. The van der Waals surface area contributed by atoms with Crippen LogP contribution in [0.4, 0.5) is 5.69 Å². The van der Waals surface area contributed by atoms with Crippen LogP contribution in [0.2, 0.25) is 0 Å². The number of pyridine rings is 1. The van der Waals surface area contributed by atoms with Crippen molar-refractivity contribution in [2.24, 2.45) is 5.92 Å². The van der Waals surface area contributed by atoms with Crippen molar-refractivity contribution < 1.29 is 27.9 Å². The molecular formula is C32H35N5O6S. The molecule has 1 fully saturated rings. The van der Waals surface area contributed by atoms with Crippen LogP contribution in [0.1, 0.15) is 46.6 Å². The number of ether oxygens (including phenoxy) is 1. The molecule has 3 aromatic rings. The summed E-state index contributed by atoms with van der Waals surface area (Å²) in [4.78, 5) is 30.4. The Morgan fingerprint density at radius 1 is 1.00 bits per heavy atom. The molecule has 3 heterocycles. The van der Waals surface area contributed by atoms with Crippen LogP contribution in [0.5, 0.6) is 5.75 Å². The maximum Gasteiger partial charge on any atom is 0.322 e. The average molecular weight is 618 g/mol. The molecular weight excluding hydrogens is 582 g/mol. The van der Waals surface area contributed by atoms with Crippen molar-refractivity contribution in [3.8, 4) is 17.6 Å². The molecule has 11 nitrogen and oxygen atoms in total. The molecule has 0 aliphatic carbocycles. The summed E-state index contributed by atoms with van der Waals surface area (Å²) in [5.41, 5.74) is 4.83. The second kappa shape index (κ2) is 13.5. The van der Waals surface area contributed by atoms with Crippen molar-refractivity contribution in [2.45, 2.75) is 32.9 Å². The monoisotopic (exact) mass is 617 g/mol. The van der Waals surface area contributed by atoms with E-state index in [-0.39, 0.29) is 30.6 Å². The summed E-state index contributed by atoms with van der Waals surface area (Å²) >= 11 is 0. The third-order valence-corrected chi connectivity index (χ3v) is 9.17.